The first-order chi connectivity index (χ1) is 10.7. The molecular formula is C15H18N6O. The smallest absolute Gasteiger partial charge is 0.267 e. The molecule has 0 radical (unpaired) electrons. The minimum atomic E-state index is -0.499. The van der Waals surface area contributed by atoms with Crippen molar-refractivity contribution in [2.45, 2.75) is 18.9 Å². The van der Waals surface area contributed by atoms with Crippen molar-refractivity contribution in [3.05, 3.63) is 42.4 Å². The molecule has 2 aromatic heterocycles. The van der Waals surface area contributed by atoms with E-state index in [1.807, 2.05) is 18.2 Å². The summed E-state index contributed by atoms with van der Waals surface area (Å²) >= 11 is 0. The number of hydrogen-bond acceptors (Lipinski definition) is 6. The number of pyridine rings is 1. The molecule has 22 heavy (non-hydrogen) atoms. The lowest BCUT2D eigenvalue weighted by atomic mass is 10.0. The minimum Gasteiger partial charge on any atom is -0.371 e. The summed E-state index contributed by atoms with van der Waals surface area (Å²) < 4.78 is 0. The quantitative estimate of drug-likeness (QED) is 0.875. The number of nitrogens with two attached hydrogens (primary N) is 1. The molecule has 3 rings (SSSR count). The Labute approximate surface area is 128 Å². The van der Waals surface area contributed by atoms with Gasteiger partial charge in [-0.25, -0.2) is 0 Å². The van der Waals surface area contributed by atoms with E-state index in [1.54, 1.807) is 18.5 Å². The highest BCUT2D eigenvalue weighted by atomic mass is 16.1. The summed E-state index contributed by atoms with van der Waals surface area (Å²) in [6.45, 7) is 1.81. The second-order valence-corrected chi connectivity index (χ2v) is 5.28. The Morgan fingerprint density at radius 3 is 2.77 bits per heavy atom. The molecule has 0 atom stereocenters. The predicted octanol–water partition coefficient (Wildman–Crippen LogP) is 1.05. The highest BCUT2D eigenvalue weighted by Gasteiger charge is 2.20. The van der Waals surface area contributed by atoms with Crippen molar-refractivity contribution in [3.63, 3.8) is 0 Å². The SMILES string of the molecule is NC(=O)c1cc(N2CCC(Nc3cccnn3)CC2)ccn1. The monoisotopic (exact) mass is 298 g/mol. The zero-order valence-electron chi connectivity index (χ0n) is 12.1. The first-order valence-electron chi connectivity index (χ1n) is 7.27. The fraction of sp³-hybridized carbons (Fsp3) is 0.333. The molecule has 1 aliphatic heterocycles. The second-order valence-electron chi connectivity index (χ2n) is 5.28. The number of carbonyl (C=O) groups excluding carboxylic acids is 1. The largest absolute Gasteiger partial charge is 0.371 e. The number of hydrogen-bond donors (Lipinski definition) is 2. The Kier molecular flexibility index (Phi) is 4.13. The number of rotatable bonds is 4. The molecule has 3 heterocycles. The van der Waals surface area contributed by atoms with Crippen LogP contribution in [0.2, 0.25) is 0 Å². The van der Waals surface area contributed by atoms with Gasteiger partial charge in [0.2, 0.25) is 0 Å². The van der Waals surface area contributed by atoms with Gasteiger partial charge in [0.25, 0.3) is 5.91 Å². The van der Waals surface area contributed by atoms with E-state index in [9.17, 15) is 4.79 Å². The van der Waals surface area contributed by atoms with Crippen molar-refractivity contribution in [1.82, 2.24) is 15.2 Å². The fourth-order valence-electron chi connectivity index (χ4n) is 2.62. The van der Waals surface area contributed by atoms with Crippen LogP contribution in [0.15, 0.2) is 36.7 Å². The van der Waals surface area contributed by atoms with Crippen molar-refractivity contribution in [3.8, 4) is 0 Å². The standard InChI is InChI=1S/C15H18N6O/c16-15(22)13-10-12(3-7-17-13)21-8-4-11(5-9-21)19-14-2-1-6-18-20-14/h1-3,6-7,10-11H,4-5,8-9H2,(H2,16,22)(H,19,20). The van der Waals surface area contributed by atoms with Crippen LogP contribution in [-0.4, -0.2) is 40.2 Å². The Morgan fingerprint density at radius 2 is 2.09 bits per heavy atom. The van der Waals surface area contributed by atoms with E-state index in [2.05, 4.69) is 25.4 Å². The van der Waals surface area contributed by atoms with Crippen molar-refractivity contribution in [1.29, 1.82) is 0 Å². The molecule has 2 aromatic rings. The topological polar surface area (TPSA) is 97.0 Å². The van der Waals surface area contributed by atoms with Crippen molar-refractivity contribution in [2.24, 2.45) is 5.73 Å². The van der Waals surface area contributed by atoms with Gasteiger partial charge in [-0.05, 0) is 37.1 Å². The third-order valence-electron chi connectivity index (χ3n) is 3.78. The maximum atomic E-state index is 11.2. The maximum absolute atomic E-state index is 11.2. The molecule has 0 bridgehead atoms. The van der Waals surface area contributed by atoms with Gasteiger partial charge >= 0.3 is 0 Å². The van der Waals surface area contributed by atoms with E-state index in [1.165, 1.54) is 0 Å². The van der Waals surface area contributed by atoms with Crippen molar-refractivity contribution >= 4 is 17.4 Å². The fourth-order valence-corrected chi connectivity index (χ4v) is 2.62. The second kappa shape index (κ2) is 6.38. The number of aromatic nitrogens is 3. The highest BCUT2D eigenvalue weighted by molar-refractivity contribution is 5.91. The zero-order chi connectivity index (χ0) is 15.4. The first-order valence-corrected chi connectivity index (χ1v) is 7.27. The van der Waals surface area contributed by atoms with Gasteiger partial charge in [-0.1, -0.05) is 0 Å². The summed E-state index contributed by atoms with van der Waals surface area (Å²) in [4.78, 5) is 17.4. The lowest BCUT2D eigenvalue weighted by molar-refractivity contribution is 0.0995. The molecule has 1 amide bonds. The number of nitrogens with one attached hydrogen (secondary N) is 1. The number of carbonyl (C=O) groups is 1. The summed E-state index contributed by atoms with van der Waals surface area (Å²) in [7, 11) is 0. The lowest BCUT2D eigenvalue weighted by Crippen LogP contribution is -2.39. The van der Waals surface area contributed by atoms with E-state index >= 15 is 0 Å². The van der Waals surface area contributed by atoms with Gasteiger partial charge in [0.05, 0.1) is 0 Å². The van der Waals surface area contributed by atoms with E-state index in [4.69, 9.17) is 5.73 Å². The van der Waals surface area contributed by atoms with Crippen LogP contribution in [0, 0.1) is 0 Å². The summed E-state index contributed by atoms with van der Waals surface area (Å²) in [5, 5.41) is 11.3. The van der Waals surface area contributed by atoms with Crippen LogP contribution in [0.4, 0.5) is 11.5 Å². The van der Waals surface area contributed by atoms with Gasteiger partial charge in [0.1, 0.15) is 11.5 Å². The average Bonchev–Trinajstić information content (AvgIpc) is 2.56. The van der Waals surface area contributed by atoms with Crippen LogP contribution >= 0.6 is 0 Å². The molecule has 3 N–H and O–H groups in total. The van der Waals surface area contributed by atoms with Crippen molar-refractivity contribution < 1.29 is 4.79 Å². The van der Waals surface area contributed by atoms with Gasteiger partial charge in [-0.15, -0.1) is 5.10 Å². The molecular weight excluding hydrogens is 280 g/mol. The Balaban J connectivity index is 1.60. The van der Waals surface area contributed by atoms with E-state index < -0.39 is 5.91 Å². The first kappa shape index (κ1) is 14.2. The predicted molar refractivity (Wildman–Crippen MR) is 83.6 cm³/mol. The Morgan fingerprint density at radius 1 is 1.27 bits per heavy atom. The highest BCUT2D eigenvalue weighted by Crippen LogP contribution is 2.21. The molecule has 1 saturated heterocycles. The van der Waals surface area contributed by atoms with Gasteiger partial charge in [0.15, 0.2) is 0 Å². The van der Waals surface area contributed by atoms with Gasteiger partial charge < -0.3 is 16.0 Å². The molecule has 7 heteroatoms. The molecule has 7 nitrogen and oxygen atoms in total. The number of primary amides is 1. The van der Waals surface area contributed by atoms with Crippen molar-refractivity contribution in [2.75, 3.05) is 23.3 Å². The van der Waals surface area contributed by atoms with E-state index in [-0.39, 0.29) is 0 Å². The molecule has 0 unspecified atom stereocenters. The Hall–Kier alpha value is -2.70. The van der Waals surface area contributed by atoms with E-state index in [0.717, 1.165) is 37.4 Å². The summed E-state index contributed by atoms with van der Waals surface area (Å²) in [6.07, 6.45) is 5.27. The molecule has 0 spiro atoms. The van der Waals surface area contributed by atoms with Gasteiger partial charge in [0, 0.05) is 37.2 Å². The van der Waals surface area contributed by atoms with Crippen LogP contribution in [0.3, 0.4) is 0 Å². The summed E-state index contributed by atoms with van der Waals surface area (Å²) in [5.74, 6) is 0.307. The summed E-state index contributed by atoms with van der Waals surface area (Å²) in [6, 6.07) is 7.82. The lowest BCUT2D eigenvalue weighted by Gasteiger charge is -2.34. The molecule has 0 aliphatic carbocycles. The number of amides is 1. The van der Waals surface area contributed by atoms with Crippen LogP contribution in [-0.2, 0) is 0 Å². The number of anilines is 2. The van der Waals surface area contributed by atoms with Crippen LogP contribution in [0.5, 0.6) is 0 Å². The normalized spacial score (nSPS) is 15.5. The average molecular weight is 298 g/mol. The molecule has 1 fully saturated rings. The zero-order valence-corrected chi connectivity index (χ0v) is 12.1. The molecule has 0 aromatic carbocycles. The van der Waals surface area contributed by atoms with Crippen LogP contribution in [0.25, 0.3) is 0 Å². The van der Waals surface area contributed by atoms with Gasteiger partial charge in [-0.2, -0.15) is 5.10 Å². The van der Waals surface area contributed by atoms with Crippen LogP contribution < -0.4 is 16.0 Å². The molecule has 0 saturated carbocycles. The third-order valence-corrected chi connectivity index (χ3v) is 3.78. The number of nitrogens with zero attached hydrogens (tertiary/aromatic N) is 4. The van der Waals surface area contributed by atoms with Gasteiger partial charge in [-0.3, -0.25) is 9.78 Å². The third kappa shape index (κ3) is 3.30. The molecule has 114 valence electrons. The summed E-state index contributed by atoms with van der Waals surface area (Å²) in [5.41, 5.74) is 6.57. The Bertz CT molecular complexity index is 639. The molecule has 1 aliphatic rings. The minimum absolute atomic E-state index is 0.303. The number of piperidine rings is 1. The van der Waals surface area contributed by atoms with E-state index in [0.29, 0.717) is 11.7 Å². The van der Waals surface area contributed by atoms with Crippen LogP contribution in [0.1, 0.15) is 23.3 Å². The maximum Gasteiger partial charge on any atom is 0.267 e.